The van der Waals surface area contributed by atoms with E-state index in [0.29, 0.717) is 11.6 Å². The van der Waals surface area contributed by atoms with Gasteiger partial charge >= 0.3 is 10.4 Å². The molecule has 0 saturated carbocycles. The van der Waals surface area contributed by atoms with Crippen molar-refractivity contribution in [3.8, 4) is 0 Å². The first-order chi connectivity index (χ1) is 8.86. The van der Waals surface area contributed by atoms with E-state index >= 15 is 0 Å². The van der Waals surface area contributed by atoms with Crippen LogP contribution in [-0.4, -0.2) is 27.7 Å². The maximum Gasteiger partial charge on any atom is 0.394 e. The zero-order valence-electron chi connectivity index (χ0n) is 9.48. The molecule has 0 aliphatic heterocycles. The molecule has 0 radical (unpaired) electrons. The van der Waals surface area contributed by atoms with Gasteiger partial charge in [0.15, 0.2) is 11.6 Å². The van der Waals surface area contributed by atoms with Crippen molar-refractivity contribution in [1.29, 1.82) is 0 Å². The van der Waals surface area contributed by atoms with Crippen molar-refractivity contribution in [2.24, 2.45) is 11.7 Å². The van der Waals surface area contributed by atoms with Crippen LogP contribution in [0.3, 0.4) is 0 Å². The van der Waals surface area contributed by atoms with Crippen molar-refractivity contribution >= 4 is 32.8 Å². The highest BCUT2D eigenvalue weighted by Gasteiger charge is 2.05. The Balaban J connectivity index is 0.000000312. The third-order valence-electron chi connectivity index (χ3n) is 1.96. The van der Waals surface area contributed by atoms with Gasteiger partial charge in [-0.15, -0.1) is 10.2 Å². The van der Waals surface area contributed by atoms with Crippen LogP contribution in [0, 0.1) is 0 Å². The van der Waals surface area contributed by atoms with Gasteiger partial charge in [0.05, 0.1) is 0 Å². The van der Waals surface area contributed by atoms with E-state index in [9.17, 15) is 0 Å². The van der Waals surface area contributed by atoms with Gasteiger partial charge in [-0.2, -0.15) is 8.42 Å². The largest absolute Gasteiger partial charge is 0.394 e. The molecule has 0 aliphatic rings. The first-order valence-electron chi connectivity index (χ1n) is 4.75. The van der Waals surface area contributed by atoms with E-state index < -0.39 is 10.4 Å². The smallest absolute Gasteiger partial charge is 0.306 e. The predicted octanol–water partition coefficient (Wildman–Crippen LogP) is -0.452. The fourth-order valence-corrected chi connectivity index (χ4v) is 1.32. The second-order valence-electron chi connectivity index (χ2n) is 3.18. The molecule has 0 bridgehead atoms. The van der Waals surface area contributed by atoms with Crippen LogP contribution in [0.2, 0.25) is 0 Å². The molecular formula is C8H12N6O4S. The fourth-order valence-electron chi connectivity index (χ4n) is 1.32. The van der Waals surface area contributed by atoms with E-state index in [2.05, 4.69) is 21.0 Å². The number of hydrogen-bond acceptors (Lipinski definition) is 8. The summed E-state index contributed by atoms with van der Waals surface area (Å²) in [6.07, 6.45) is 0. The number of fused-ring (bicyclic) bond motifs is 1. The van der Waals surface area contributed by atoms with Crippen molar-refractivity contribution in [3.05, 3.63) is 24.3 Å². The standard InChI is InChI=1S/C8H10N6.H2O4S/c9-11-7-5-3-1-2-4-6(5)8(12-10)14-13-7;1-5(2,3)4/h1-4H,9-10H2,(H,11,13)(H,12,14);(H2,1,2,3,4). The van der Waals surface area contributed by atoms with Gasteiger partial charge in [0.2, 0.25) is 0 Å². The number of benzene rings is 1. The normalized spacial score (nSPS) is 10.5. The molecule has 19 heavy (non-hydrogen) atoms. The minimum absolute atomic E-state index is 0.527. The Morgan fingerprint density at radius 1 is 0.947 bits per heavy atom. The number of rotatable bonds is 2. The molecule has 2 aromatic rings. The highest BCUT2D eigenvalue weighted by Crippen LogP contribution is 2.24. The molecule has 11 heteroatoms. The number of nitrogens with two attached hydrogens (primary N) is 2. The van der Waals surface area contributed by atoms with E-state index in [1.54, 1.807) is 0 Å². The summed E-state index contributed by atoms with van der Waals surface area (Å²) in [5.74, 6) is 11.7. The van der Waals surface area contributed by atoms with Gasteiger partial charge in [0, 0.05) is 10.8 Å². The highest BCUT2D eigenvalue weighted by molar-refractivity contribution is 7.79. The van der Waals surface area contributed by atoms with Crippen molar-refractivity contribution in [1.82, 2.24) is 10.2 Å². The first-order valence-corrected chi connectivity index (χ1v) is 6.15. The molecule has 1 aromatic carbocycles. The predicted molar refractivity (Wildman–Crippen MR) is 69.3 cm³/mol. The van der Waals surface area contributed by atoms with Crippen molar-refractivity contribution < 1.29 is 17.5 Å². The van der Waals surface area contributed by atoms with Crippen LogP contribution in [0.5, 0.6) is 0 Å². The summed E-state index contributed by atoms with van der Waals surface area (Å²) in [4.78, 5) is 0. The summed E-state index contributed by atoms with van der Waals surface area (Å²) in [5, 5.41) is 9.48. The van der Waals surface area contributed by atoms with Gasteiger partial charge < -0.3 is 10.9 Å². The van der Waals surface area contributed by atoms with Gasteiger partial charge in [-0.25, -0.2) is 11.7 Å². The van der Waals surface area contributed by atoms with Crippen LogP contribution in [0.15, 0.2) is 24.3 Å². The van der Waals surface area contributed by atoms with Gasteiger partial charge in [-0.3, -0.25) is 9.11 Å². The number of nitrogen functional groups attached to an aromatic ring is 2. The zero-order valence-corrected chi connectivity index (χ0v) is 10.3. The van der Waals surface area contributed by atoms with E-state index in [4.69, 9.17) is 29.2 Å². The lowest BCUT2D eigenvalue weighted by Gasteiger charge is -2.06. The molecule has 0 fully saturated rings. The van der Waals surface area contributed by atoms with Crippen LogP contribution in [0.4, 0.5) is 11.6 Å². The summed E-state index contributed by atoms with van der Waals surface area (Å²) in [6.45, 7) is 0. The summed E-state index contributed by atoms with van der Waals surface area (Å²) < 4.78 is 31.6. The number of nitrogens with zero attached hydrogens (tertiary/aromatic N) is 2. The topological polar surface area (TPSA) is 176 Å². The van der Waals surface area contributed by atoms with Crippen molar-refractivity contribution in [3.63, 3.8) is 0 Å². The molecule has 0 atom stereocenters. The molecule has 0 unspecified atom stereocenters. The molecule has 0 amide bonds. The van der Waals surface area contributed by atoms with E-state index in [1.807, 2.05) is 24.3 Å². The van der Waals surface area contributed by atoms with Crippen LogP contribution in [-0.2, 0) is 10.4 Å². The molecule has 2 rings (SSSR count). The number of aromatic nitrogens is 2. The molecule has 8 N–H and O–H groups in total. The average molecular weight is 288 g/mol. The molecule has 1 heterocycles. The van der Waals surface area contributed by atoms with Gasteiger partial charge in [0.25, 0.3) is 0 Å². The van der Waals surface area contributed by atoms with Gasteiger partial charge in [0.1, 0.15) is 0 Å². The minimum Gasteiger partial charge on any atom is -0.306 e. The Morgan fingerprint density at radius 3 is 1.53 bits per heavy atom. The third-order valence-corrected chi connectivity index (χ3v) is 1.96. The quantitative estimate of drug-likeness (QED) is 0.241. The summed E-state index contributed by atoms with van der Waals surface area (Å²) in [7, 11) is -4.67. The number of nitrogens with one attached hydrogen (secondary N) is 2. The van der Waals surface area contributed by atoms with Gasteiger partial charge in [-0.05, 0) is 0 Å². The van der Waals surface area contributed by atoms with Crippen LogP contribution in [0.25, 0.3) is 10.8 Å². The molecule has 0 aliphatic carbocycles. The minimum atomic E-state index is -4.67. The number of hydrogen-bond donors (Lipinski definition) is 6. The second kappa shape index (κ2) is 6.21. The molecule has 10 nitrogen and oxygen atoms in total. The summed E-state index contributed by atoms with van der Waals surface area (Å²) >= 11 is 0. The zero-order chi connectivity index (χ0) is 14.5. The highest BCUT2D eigenvalue weighted by atomic mass is 32.3. The first kappa shape index (κ1) is 15.0. The van der Waals surface area contributed by atoms with E-state index in [1.165, 1.54) is 0 Å². The monoisotopic (exact) mass is 288 g/mol. The maximum absolute atomic E-state index is 8.74. The van der Waals surface area contributed by atoms with Crippen LogP contribution >= 0.6 is 0 Å². The number of anilines is 2. The summed E-state index contributed by atoms with van der Waals surface area (Å²) in [5.41, 5.74) is 4.96. The van der Waals surface area contributed by atoms with E-state index in [0.717, 1.165) is 10.8 Å². The average Bonchev–Trinajstić information content (AvgIpc) is 2.35. The molecule has 0 spiro atoms. The second-order valence-corrected chi connectivity index (χ2v) is 4.07. The maximum atomic E-state index is 8.74. The Kier molecular flexibility index (Phi) is 4.91. The van der Waals surface area contributed by atoms with Crippen LogP contribution < -0.4 is 22.5 Å². The Hall–Kier alpha value is -2.05. The lowest BCUT2D eigenvalue weighted by atomic mass is 10.2. The van der Waals surface area contributed by atoms with Crippen molar-refractivity contribution in [2.45, 2.75) is 0 Å². The number of hydrazine groups is 2. The van der Waals surface area contributed by atoms with Crippen LogP contribution in [0.1, 0.15) is 0 Å². The Morgan fingerprint density at radius 2 is 1.26 bits per heavy atom. The SMILES string of the molecule is NNc1nnc(NN)c2ccccc12.O=S(=O)(O)O. The Bertz CT molecular complexity index is 611. The molecular weight excluding hydrogens is 276 g/mol. The summed E-state index contributed by atoms with van der Waals surface area (Å²) in [6, 6.07) is 7.57. The fraction of sp³-hybridized carbons (Fsp3) is 0. The lowest BCUT2D eigenvalue weighted by Crippen LogP contribution is -2.13. The molecule has 0 saturated heterocycles. The lowest BCUT2D eigenvalue weighted by molar-refractivity contribution is 0.381. The Labute approximate surface area is 108 Å². The third kappa shape index (κ3) is 4.61. The molecule has 1 aromatic heterocycles. The van der Waals surface area contributed by atoms with Gasteiger partial charge in [-0.1, -0.05) is 24.3 Å². The molecule has 104 valence electrons. The van der Waals surface area contributed by atoms with Crippen molar-refractivity contribution in [2.75, 3.05) is 10.9 Å². The van der Waals surface area contributed by atoms with E-state index in [-0.39, 0.29) is 0 Å².